The van der Waals surface area contributed by atoms with Gasteiger partial charge in [0.25, 0.3) is 0 Å². The van der Waals surface area contributed by atoms with Crippen molar-refractivity contribution in [2.45, 2.75) is 4.90 Å². The number of nitrogens with one attached hydrogen (secondary N) is 1. The Morgan fingerprint density at radius 2 is 1.80 bits per heavy atom. The van der Waals surface area contributed by atoms with Crippen molar-refractivity contribution in [1.29, 1.82) is 0 Å². The third-order valence-corrected chi connectivity index (χ3v) is 3.78. The number of anilines is 3. The quantitative estimate of drug-likeness (QED) is 0.855. The van der Waals surface area contributed by atoms with Gasteiger partial charge in [0.15, 0.2) is 21.5 Å². The maximum absolute atomic E-state index is 13.5. The molecule has 0 fully saturated rings. The molecule has 0 aliphatic rings. The van der Waals surface area contributed by atoms with Gasteiger partial charge < -0.3 is 11.1 Å². The molecule has 106 valence electrons. The predicted molar refractivity (Wildman–Crippen MR) is 73.6 cm³/mol. The maximum Gasteiger partial charge on any atom is 0.182 e. The van der Waals surface area contributed by atoms with E-state index in [4.69, 9.17) is 5.73 Å². The number of hydrogen-bond acceptors (Lipinski definition) is 4. The van der Waals surface area contributed by atoms with Gasteiger partial charge in [0.05, 0.1) is 22.0 Å². The molecule has 0 saturated carbocycles. The largest absolute Gasteiger partial charge is 0.397 e. The minimum absolute atomic E-state index is 0.0558. The summed E-state index contributed by atoms with van der Waals surface area (Å²) < 4.78 is 49.3. The van der Waals surface area contributed by atoms with Crippen molar-refractivity contribution in [3.63, 3.8) is 0 Å². The molecular formula is C13H12F2N2O2S. The standard InChI is InChI=1S/C13H12F2N2O2S/c1-20(18,19)8-5-6-11(10(16)7-8)17-12-4-2-3-9(14)13(12)15/h2-7,17H,16H2,1H3. The lowest BCUT2D eigenvalue weighted by atomic mass is 10.2. The summed E-state index contributed by atoms with van der Waals surface area (Å²) in [6, 6.07) is 7.69. The first-order valence-corrected chi connectivity index (χ1v) is 7.49. The van der Waals surface area contributed by atoms with Gasteiger partial charge in [-0.3, -0.25) is 0 Å². The molecule has 0 saturated heterocycles. The molecule has 0 aromatic heterocycles. The van der Waals surface area contributed by atoms with Crippen LogP contribution < -0.4 is 11.1 Å². The van der Waals surface area contributed by atoms with Crippen LogP contribution in [0, 0.1) is 11.6 Å². The van der Waals surface area contributed by atoms with Gasteiger partial charge in [0, 0.05) is 6.26 Å². The van der Waals surface area contributed by atoms with E-state index in [1.807, 2.05) is 0 Å². The monoisotopic (exact) mass is 298 g/mol. The van der Waals surface area contributed by atoms with E-state index in [0.29, 0.717) is 5.69 Å². The third kappa shape index (κ3) is 2.88. The van der Waals surface area contributed by atoms with Crippen LogP contribution in [0.4, 0.5) is 25.8 Å². The molecule has 7 heteroatoms. The number of sulfone groups is 1. The lowest BCUT2D eigenvalue weighted by Gasteiger charge is -2.11. The molecule has 0 bridgehead atoms. The number of rotatable bonds is 3. The van der Waals surface area contributed by atoms with Crippen LogP contribution >= 0.6 is 0 Å². The van der Waals surface area contributed by atoms with E-state index < -0.39 is 21.5 Å². The molecule has 3 N–H and O–H groups in total. The summed E-state index contributed by atoms with van der Waals surface area (Å²) in [5.74, 6) is -2.01. The van der Waals surface area contributed by atoms with Crippen LogP contribution in [0.25, 0.3) is 0 Å². The summed E-state index contributed by atoms with van der Waals surface area (Å²) in [6.07, 6.45) is 1.06. The summed E-state index contributed by atoms with van der Waals surface area (Å²) in [4.78, 5) is 0.0558. The molecule has 0 aliphatic heterocycles. The van der Waals surface area contributed by atoms with Crippen LogP contribution in [0.15, 0.2) is 41.3 Å². The van der Waals surface area contributed by atoms with E-state index in [-0.39, 0.29) is 16.3 Å². The van der Waals surface area contributed by atoms with Crippen molar-refractivity contribution in [3.8, 4) is 0 Å². The molecule has 0 unspecified atom stereocenters. The minimum atomic E-state index is -3.37. The average molecular weight is 298 g/mol. The van der Waals surface area contributed by atoms with Crippen LogP contribution in [-0.4, -0.2) is 14.7 Å². The fourth-order valence-corrected chi connectivity index (χ4v) is 2.29. The van der Waals surface area contributed by atoms with Gasteiger partial charge in [-0.25, -0.2) is 17.2 Å². The van der Waals surface area contributed by atoms with Gasteiger partial charge in [-0.2, -0.15) is 0 Å². The topological polar surface area (TPSA) is 72.2 Å². The second-order valence-electron chi connectivity index (χ2n) is 4.25. The van der Waals surface area contributed by atoms with Crippen LogP contribution in [0.5, 0.6) is 0 Å². The van der Waals surface area contributed by atoms with E-state index in [1.54, 1.807) is 0 Å². The summed E-state index contributed by atoms with van der Waals surface area (Å²) in [6.45, 7) is 0. The molecule has 0 heterocycles. The molecular weight excluding hydrogens is 286 g/mol. The number of halogens is 2. The second-order valence-corrected chi connectivity index (χ2v) is 6.26. The number of hydrogen-bond donors (Lipinski definition) is 2. The van der Waals surface area contributed by atoms with Gasteiger partial charge in [0.1, 0.15) is 0 Å². The normalized spacial score (nSPS) is 11.3. The van der Waals surface area contributed by atoms with Gasteiger partial charge in [-0.1, -0.05) is 6.07 Å². The van der Waals surface area contributed by atoms with Crippen LogP contribution in [0.2, 0.25) is 0 Å². The number of nitrogen functional groups attached to an aromatic ring is 1. The van der Waals surface area contributed by atoms with Crippen LogP contribution in [0.1, 0.15) is 0 Å². The Labute approximate surface area is 115 Å². The smallest absolute Gasteiger partial charge is 0.182 e. The number of nitrogens with two attached hydrogens (primary N) is 1. The summed E-state index contributed by atoms with van der Waals surface area (Å²) in [7, 11) is -3.37. The molecule has 2 aromatic carbocycles. The molecule has 0 radical (unpaired) electrons. The fraction of sp³-hybridized carbons (Fsp3) is 0.0769. The van der Waals surface area contributed by atoms with E-state index in [9.17, 15) is 17.2 Å². The first kappa shape index (κ1) is 14.3. The fourth-order valence-electron chi connectivity index (χ4n) is 1.63. The Hall–Kier alpha value is -2.15. The Kier molecular flexibility index (Phi) is 3.63. The summed E-state index contributed by atoms with van der Waals surface area (Å²) >= 11 is 0. The molecule has 0 spiro atoms. The first-order valence-electron chi connectivity index (χ1n) is 5.59. The molecule has 2 aromatic rings. The number of benzene rings is 2. The highest BCUT2D eigenvalue weighted by atomic mass is 32.2. The Balaban J connectivity index is 2.38. The van der Waals surface area contributed by atoms with Crippen molar-refractivity contribution >= 4 is 26.9 Å². The zero-order valence-corrected chi connectivity index (χ0v) is 11.3. The lowest BCUT2D eigenvalue weighted by molar-refractivity contribution is 0.512. The highest BCUT2D eigenvalue weighted by molar-refractivity contribution is 7.90. The molecule has 4 nitrogen and oxygen atoms in total. The van der Waals surface area contributed by atoms with Crippen LogP contribution in [0.3, 0.4) is 0 Å². The van der Waals surface area contributed by atoms with Crippen molar-refractivity contribution in [2.75, 3.05) is 17.3 Å². The molecule has 2 rings (SSSR count). The van der Waals surface area contributed by atoms with Crippen molar-refractivity contribution in [1.82, 2.24) is 0 Å². The van der Waals surface area contributed by atoms with Gasteiger partial charge in [-0.15, -0.1) is 0 Å². The molecule has 0 atom stereocenters. The first-order chi connectivity index (χ1) is 9.29. The highest BCUT2D eigenvalue weighted by Gasteiger charge is 2.12. The zero-order valence-electron chi connectivity index (χ0n) is 10.5. The van der Waals surface area contributed by atoms with Gasteiger partial charge in [-0.05, 0) is 30.3 Å². The van der Waals surface area contributed by atoms with Gasteiger partial charge >= 0.3 is 0 Å². The zero-order chi connectivity index (χ0) is 14.9. The maximum atomic E-state index is 13.5. The molecule has 0 amide bonds. The lowest BCUT2D eigenvalue weighted by Crippen LogP contribution is -2.02. The van der Waals surface area contributed by atoms with Crippen molar-refractivity contribution in [2.24, 2.45) is 0 Å². The van der Waals surface area contributed by atoms with Crippen molar-refractivity contribution in [3.05, 3.63) is 48.0 Å². The highest BCUT2D eigenvalue weighted by Crippen LogP contribution is 2.27. The van der Waals surface area contributed by atoms with E-state index in [2.05, 4.69) is 5.32 Å². The average Bonchev–Trinajstić information content (AvgIpc) is 2.36. The SMILES string of the molecule is CS(=O)(=O)c1ccc(Nc2cccc(F)c2F)c(N)c1. The molecule has 20 heavy (non-hydrogen) atoms. The Bertz CT molecular complexity index is 761. The summed E-state index contributed by atoms with van der Waals surface area (Å²) in [5, 5.41) is 2.63. The Morgan fingerprint density at radius 3 is 2.40 bits per heavy atom. The minimum Gasteiger partial charge on any atom is -0.397 e. The van der Waals surface area contributed by atoms with Crippen molar-refractivity contribution < 1.29 is 17.2 Å². The van der Waals surface area contributed by atoms with Crippen LogP contribution in [-0.2, 0) is 9.84 Å². The second kappa shape index (κ2) is 5.09. The predicted octanol–water partition coefficient (Wildman–Crippen LogP) is 2.69. The third-order valence-electron chi connectivity index (χ3n) is 2.67. The van der Waals surface area contributed by atoms with E-state index in [0.717, 1.165) is 12.3 Å². The summed E-state index contributed by atoms with van der Waals surface area (Å²) in [5.41, 5.74) is 6.05. The van der Waals surface area contributed by atoms with Gasteiger partial charge in [0.2, 0.25) is 0 Å². The molecule has 0 aliphatic carbocycles. The Morgan fingerprint density at radius 1 is 1.10 bits per heavy atom. The van der Waals surface area contributed by atoms with E-state index in [1.165, 1.54) is 30.3 Å². The van der Waals surface area contributed by atoms with E-state index >= 15 is 0 Å².